The topological polar surface area (TPSA) is 98.0 Å². The minimum atomic E-state index is -4.64. The number of unbranched alkanes of at least 4 members (excludes halogenated alkanes) is 2. The van der Waals surface area contributed by atoms with E-state index in [9.17, 15) is 0 Å². The second-order valence-electron chi connectivity index (χ2n) is 3.85. The number of rotatable bonds is 7. The summed E-state index contributed by atoms with van der Waals surface area (Å²) >= 11 is 0. The van der Waals surface area contributed by atoms with Crippen molar-refractivity contribution in [2.45, 2.75) is 52.4 Å². The minimum absolute atomic E-state index is 0.386. The van der Waals surface area contributed by atoms with Crippen LogP contribution in [0.5, 0.6) is 0 Å². The first-order chi connectivity index (χ1) is 7.35. The molecule has 0 bridgehead atoms. The molecule has 0 spiro atoms. The van der Waals surface area contributed by atoms with Gasteiger partial charge in [0.2, 0.25) is 0 Å². The van der Waals surface area contributed by atoms with E-state index >= 15 is 0 Å². The Kier molecular flexibility index (Phi) is 13.3. The van der Waals surface area contributed by atoms with Crippen LogP contribution in [0, 0.1) is 5.92 Å². The maximum atomic E-state index is 8.96. The van der Waals surface area contributed by atoms with Gasteiger partial charge in [-0.1, -0.05) is 39.5 Å². The molecule has 0 aromatic rings. The Morgan fingerprint density at radius 1 is 1.00 bits per heavy atom. The van der Waals surface area contributed by atoms with Gasteiger partial charge in [0.1, 0.15) is 0 Å². The van der Waals surface area contributed by atoms with Crippen molar-refractivity contribution in [2.24, 2.45) is 5.92 Å². The average molecular weight is 256 g/mol. The van der Waals surface area contributed by atoms with Crippen LogP contribution in [0.2, 0.25) is 0 Å². The highest BCUT2D eigenvalue weighted by atomic mass is 31.2. The molecule has 0 aliphatic rings. The highest BCUT2D eigenvalue weighted by Gasteiger charge is 2.04. The van der Waals surface area contributed by atoms with Crippen LogP contribution in [-0.4, -0.2) is 26.4 Å². The molecule has 0 heterocycles. The van der Waals surface area contributed by atoms with Crippen molar-refractivity contribution >= 4 is 7.82 Å². The number of aliphatic hydroxyl groups is 1. The van der Waals surface area contributed by atoms with Crippen molar-refractivity contribution in [1.29, 1.82) is 0 Å². The van der Waals surface area contributed by atoms with E-state index in [1.54, 1.807) is 0 Å². The summed E-state index contributed by atoms with van der Waals surface area (Å²) in [7, 11) is -4.64. The number of aliphatic hydroxyl groups excluding tert-OH is 1. The molecule has 1 unspecified atom stereocenters. The summed E-state index contributed by atoms with van der Waals surface area (Å²) in [6.45, 7) is 4.79. The number of hydrogen-bond donors (Lipinski definition) is 4. The van der Waals surface area contributed by atoms with Crippen LogP contribution >= 0.6 is 7.82 Å². The molecule has 4 N–H and O–H groups in total. The lowest BCUT2D eigenvalue weighted by atomic mass is 9.98. The lowest BCUT2D eigenvalue weighted by Crippen LogP contribution is -2.05. The first kappa shape index (κ1) is 18.4. The predicted octanol–water partition coefficient (Wildman–Crippen LogP) is 2.05. The Labute approximate surface area is 97.8 Å². The van der Waals surface area contributed by atoms with E-state index in [1.165, 1.54) is 38.5 Å². The number of hydrogen-bond acceptors (Lipinski definition) is 2. The summed E-state index contributed by atoms with van der Waals surface area (Å²) in [5, 5.41) is 8.96. The van der Waals surface area contributed by atoms with Crippen LogP contribution in [0.4, 0.5) is 0 Å². The van der Waals surface area contributed by atoms with Crippen LogP contribution < -0.4 is 0 Å². The second kappa shape index (κ2) is 11.6. The van der Waals surface area contributed by atoms with E-state index in [-0.39, 0.29) is 0 Å². The van der Waals surface area contributed by atoms with Crippen molar-refractivity contribution in [1.82, 2.24) is 0 Å². The second-order valence-corrected chi connectivity index (χ2v) is 4.87. The van der Waals surface area contributed by atoms with E-state index in [2.05, 4.69) is 13.8 Å². The first-order valence-electron chi connectivity index (χ1n) is 5.74. The van der Waals surface area contributed by atoms with E-state index in [4.69, 9.17) is 24.4 Å². The van der Waals surface area contributed by atoms with Crippen LogP contribution in [-0.2, 0) is 4.57 Å². The summed E-state index contributed by atoms with van der Waals surface area (Å²) in [4.78, 5) is 21.6. The highest BCUT2D eigenvalue weighted by molar-refractivity contribution is 7.45. The third-order valence-electron chi connectivity index (χ3n) is 2.17. The zero-order chi connectivity index (χ0) is 13.0. The van der Waals surface area contributed by atoms with E-state index < -0.39 is 7.82 Å². The lowest BCUT2D eigenvalue weighted by molar-refractivity contribution is 0.207. The highest BCUT2D eigenvalue weighted by Crippen LogP contribution is 2.25. The zero-order valence-electron chi connectivity index (χ0n) is 10.2. The lowest BCUT2D eigenvalue weighted by Gasteiger charge is -2.11. The van der Waals surface area contributed by atoms with Gasteiger partial charge in [0.05, 0.1) is 0 Å². The number of phosphoric acid groups is 1. The van der Waals surface area contributed by atoms with Crippen LogP contribution in [0.25, 0.3) is 0 Å². The fourth-order valence-electron chi connectivity index (χ4n) is 1.42. The van der Waals surface area contributed by atoms with Crippen LogP contribution in [0.1, 0.15) is 52.4 Å². The Morgan fingerprint density at radius 3 is 1.81 bits per heavy atom. The van der Waals surface area contributed by atoms with Crippen molar-refractivity contribution in [3.05, 3.63) is 0 Å². The van der Waals surface area contributed by atoms with Gasteiger partial charge >= 0.3 is 7.82 Å². The summed E-state index contributed by atoms with van der Waals surface area (Å²) in [5.74, 6) is 0.576. The van der Waals surface area contributed by atoms with Gasteiger partial charge in [-0.05, 0) is 18.8 Å². The van der Waals surface area contributed by atoms with Gasteiger partial charge in [-0.25, -0.2) is 4.57 Å². The molecule has 5 nitrogen and oxygen atoms in total. The maximum absolute atomic E-state index is 8.96. The molecule has 0 saturated carbocycles. The Balaban J connectivity index is 0. The molecular weight excluding hydrogens is 231 g/mol. The minimum Gasteiger partial charge on any atom is -0.396 e. The smallest absolute Gasteiger partial charge is 0.396 e. The van der Waals surface area contributed by atoms with E-state index in [0.717, 1.165) is 0 Å². The predicted molar refractivity (Wildman–Crippen MR) is 63.9 cm³/mol. The van der Waals surface area contributed by atoms with Gasteiger partial charge in [0.15, 0.2) is 0 Å². The monoisotopic (exact) mass is 256 g/mol. The maximum Gasteiger partial charge on any atom is 0.466 e. The fraction of sp³-hybridized carbons (Fsp3) is 1.00. The molecule has 0 amide bonds. The molecule has 1 atom stereocenters. The van der Waals surface area contributed by atoms with Crippen LogP contribution in [0.3, 0.4) is 0 Å². The molecule has 0 fully saturated rings. The van der Waals surface area contributed by atoms with E-state index in [1.807, 2.05) is 0 Å². The largest absolute Gasteiger partial charge is 0.466 e. The molecule has 0 radical (unpaired) electrons. The summed E-state index contributed by atoms with van der Waals surface area (Å²) < 4.78 is 8.88. The molecule has 0 aliphatic heterocycles. The molecule has 0 rings (SSSR count). The van der Waals surface area contributed by atoms with Gasteiger partial charge in [-0.15, -0.1) is 0 Å². The van der Waals surface area contributed by atoms with Gasteiger partial charge in [-0.2, -0.15) is 0 Å². The SMILES string of the molecule is CCCCCC(CO)CCC.O=P(O)(O)O. The summed E-state index contributed by atoms with van der Waals surface area (Å²) in [6, 6.07) is 0. The zero-order valence-corrected chi connectivity index (χ0v) is 11.1. The Morgan fingerprint density at radius 2 is 1.50 bits per heavy atom. The normalized spacial score (nSPS) is 12.9. The van der Waals surface area contributed by atoms with Gasteiger partial charge in [0.25, 0.3) is 0 Å². The van der Waals surface area contributed by atoms with Crippen molar-refractivity contribution in [3.8, 4) is 0 Å². The van der Waals surface area contributed by atoms with Gasteiger partial charge < -0.3 is 19.8 Å². The quantitative estimate of drug-likeness (QED) is 0.413. The van der Waals surface area contributed by atoms with Crippen molar-refractivity contribution in [2.75, 3.05) is 6.61 Å². The van der Waals surface area contributed by atoms with Crippen molar-refractivity contribution < 1.29 is 24.4 Å². The molecular formula is C10H25O5P. The molecule has 0 aromatic heterocycles. The third kappa shape index (κ3) is 23.7. The Hall–Kier alpha value is 0.0700. The first-order valence-corrected chi connectivity index (χ1v) is 7.30. The van der Waals surface area contributed by atoms with Gasteiger partial charge in [-0.3, -0.25) is 0 Å². The standard InChI is InChI=1S/C10H22O.H3O4P/c1-3-5-6-8-10(9-11)7-4-2;1-5(2,3)4/h10-11H,3-9H2,1-2H3;(H3,1,2,3,4). The third-order valence-corrected chi connectivity index (χ3v) is 2.17. The molecule has 0 aliphatic carbocycles. The molecule has 16 heavy (non-hydrogen) atoms. The molecule has 0 aromatic carbocycles. The van der Waals surface area contributed by atoms with Crippen LogP contribution in [0.15, 0.2) is 0 Å². The van der Waals surface area contributed by atoms with E-state index in [0.29, 0.717) is 12.5 Å². The van der Waals surface area contributed by atoms with Gasteiger partial charge in [0, 0.05) is 6.61 Å². The average Bonchev–Trinajstić information content (AvgIpc) is 2.14. The fourth-order valence-corrected chi connectivity index (χ4v) is 1.42. The Bertz CT molecular complexity index is 172. The molecule has 6 heteroatoms. The molecule has 100 valence electrons. The van der Waals surface area contributed by atoms with Crippen molar-refractivity contribution in [3.63, 3.8) is 0 Å². The molecule has 0 saturated heterocycles. The summed E-state index contributed by atoms with van der Waals surface area (Å²) in [5.41, 5.74) is 0. The summed E-state index contributed by atoms with van der Waals surface area (Å²) in [6.07, 6.45) is 7.52.